The number of benzene rings is 3. The molecular formula is C23H25NO4S. The molecule has 0 heterocycles. The van der Waals surface area contributed by atoms with Gasteiger partial charge in [0, 0.05) is 6.07 Å². The van der Waals surface area contributed by atoms with Crippen LogP contribution < -0.4 is 13.8 Å². The average Bonchev–Trinajstić information content (AvgIpc) is 2.74. The molecule has 1 atom stereocenters. The van der Waals surface area contributed by atoms with Crippen LogP contribution in [0, 0.1) is 6.92 Å². The minimum absolute atomic E-state index is 0.173. The maximum absolute atomic E-state index is 13.7. The summed E-state index contributed by atoms with van der Waals surface area (Å²) in [6, 6.07) is 21.0. The third kappa shape index (κ3) is 4.38. The van der Waals surface area contributed by atoms with Crippen LogP contribution in [0.1, 0.15) is 24.1 Å². The third-order valence-corrected chi connectivity index (χ3v) is 6.73. The lowest BCUT2D eigenvalue weighted by molar-refractivity contribution is 0.413. The fourth-order valence-corrected chi connectivity index (χ4v) is 4.84. The Morgan fingerprint density at radius 3 is 2.03 bits per heavy atom. The Balaban J connectivity index is 2.13. The molecule has 3 aromatic carbocycles. The number of hydrogen-bond donors (Lipinski definition) is 0. The maximum Gasteiger partial charge on any atom is 0.265 e. The molecule has 0 aliphatic rings. The van der Waals surface area contributed by atoms with Crippen molar-refractivity contribution in [3.05, 3.63) is 83.9 Å². The summed E-state index contributed by atoms with van der Waals surface area (Å²) in [5, 5.41) is 0. The zero-order valence-electron chi connectivity index (χ0n) is 17.0. The van der Waals surface area contributed by atoms with Gasteiger partial charge in [0.15, 0.2) is 0 Å². The highest BCUT2D eigenvalue weighted by atomic mass is 32.2. The normalized spacial score (nSPS) is 12.3. The molecule has 0 N–H and O–H groups in total. The van der Waals surface area contributed by atoms with E-state index in [1.807, 2.05) is 38.1 Å². The molecule has 0 fully saturated rings. The molecular weight excluding hydrogens is 386 g/mol. The fraction of sp³-hybridized carbons (Fsp3) is 0.217. The first-order valence-corrected chi connectivity index (χ1v) is 10.7. The fourth-order valence-electron chi connectivity index (χ4n) is 3.16. The largest absolute Gasteiger partial charge is 0.497 e. The first kappa shape index (κ1) is 20.7. The molecule has 0 amide bonds. The highest BCUT2D eigenvalue weighted by Gasteiger charge is 2.30. The number of sulfonamides is 1. The lowest BCUT2D eigenvalue weighted by atomic mass is 10.1. The predicted molar refractivity (Wildman–Crippen MR) is 115 cm³/mol. The lowest BCUT2D eigenvalue weighted by Gasteiger charge is -2.31. The first-order chi connectivity index (χ1) is 13.9. The number of rotatable bonds is 7. The standard InChI is InChI=1S/C23H25NO4S/c1-17-8-10-19(11-9-17)18(2)24(20-12-14-21(27-3)15-13-20)29(25,26)23-7-5-6-22(16-23)28-4/h5-16,18H,1-4H3/t18-/m0/s1. The van der Waals surface area contributed by atoms with Gasteiger partial charge in [-0.2, -0.15) is 0 Å². The molecule has 0 spiro atoms. The number of nitrogens with zero attached hydrogens (tertiary/aromatic N) is 1. The molecule has 0 aliphatic heterocycles. The van der Waals surface area contributed by atoms with Crippen LogP contribution in [-0.4, -0.2) is 22.6 Å². The zero-order valence-corrected chi connectivity index (χ0v) is 17.8. The molecule has 0 bridgehead atoms. The van der Waals surface area contributed by atoms with E-state index in [1.165, 1.54) is 17.5 Å². The van der Waals surface area contributed by atoms with Crippen LogP contribution >= 0.6 is 0 Å². The Kier molecular flexibility index (Phi) is 6.13. The Morgan fingerprint density at radius 2 is 1.45 bits per heavy atom. The molecule has 0 aromatic heterocycles. The van der Waals surface area contributed by atoms with E-state index >= 15 is 0 Å². The minimum Gasteiger partial charge on any atom is -0.497 e. The summed E-state index contributed by atoms with van der Waals surface area (Å²) >= 11 is 0. The zero-order chi connectivity index (χ0) is 21.0. The summed E-state index contributed by atoms with van der Waals surface area (Å²) in [6.45, 7) is 3.88. The number of aryl methyl sites for hydroxylation is 1. The van der Waals surface area contributed by atoms with Gasteiger partial charge >= 0.3 is 0 Å². The molecule has 0 saturated carbocycles. The molecule has 5 nitrogen and oxygen atoms in total. The molecule has 0 aliphatic carbocycles. The second-order valence-corrected chi connectivity index (χ2v) is 8.58. The molecule has 3 rings (SSSR count). The minimum atomic E-state index is -3.85. The van der Waals surface area contributed by atoms with Crippen molar-refractivity contribution >= 4 is 15.7 Å². The molecule has 3 aromatic rings. The second-order valence-electron chi connectivity index (χ2n) is 6.76. The topological polar surface area (TPSA) is 55.8 Å². The Hall–Kier alpha value is -2.99. The van der Waals surface area contributed by atoms with Crippen LogP contribution in [0.2, 0.25) is 0 Å². The van der Waals surface area contributed by atoms with Gasteiger partial charge in [0.2, 0.25) is 0 Å². The highest BCUT2D eigenvalue weighted by Crippen LogP contribution is 2.35. The summed E-state index contributed by atoms with van der Waals surface area (Å²) in [4.78, 5) is 0.173. The van der Waals surface area contributed by atoms with Gasteiger partial charge in [0.05, 0.1) is 30.8 Å². The smallest absolute Gasteiger partial charge is 0.265 e. The van der Waals surface area contributed by atoms with Gasteiger partial charge in [0.1, 0.15) is 11.5 Å². The van der Waals surface area contributed by atoms with Crippen molar-refractivity contribution in [2.45, 2.75) is 24.8 Å². The second kappa shape index (κ2) is 8.57. The highest BCUT2D eigenvalue weighted by molar-refractivity contribution is 7.92. The van der Waals surface area contributed by atoms with Gasteiger partial charge in [-0.1, -0.05) is 35.9 Å². The number of ether oxygens (including phenoxy) is 2. The van der Waals surface area contributed by atoms with Crippen molar-refractivity contribution in [2.75, 3.05) is 18.5 Å². The van der Waals surface area contributed by atoms with E-state index in [9.17, 15) is 8.42 Å². The Labute approximate surface area is 172 Å². The Morgan fingerprint density at radius 1 is 0.828 bits per heavy atom. The first-order valence-electron chi connectivity index (χ1n) is 9.26. The van der Waals surface area contributed by atoms with Gasteiger partial charge in [-0.15, -0.1) is 0 Å². The van der Waals surface area contributed by atoms with Gasteiger partial charge in [-0.3, -0.25) is 4.31 Å². The van der Waals surface area contributed by atoms with Crippen LogP contribution in [-0.2, 0) is 10.0 Å². The van der Waals surface area contributed by atoms with Crippen molar-refractivity contribution < 1.29 is 17.9 Å². The number of anilines is 1. The number of hydrogen-bond acceptors (Lipinski definition) is 4. The monoisotopic (exact) mass is 411 g/mol. The van der Waals surface area contributed by atoms with Crippen molar-refractivity contribution in [3.8, 4) is 11.5 Å². The Bertz CT molecular complexity index is 1060. The average molecular weight is 412 g/mol. The van der Waals surface area contributed by atoms with E-state index in [1.54, 1.807) is 49.6 Å². The molecule has 152 valence electrons. The molecule has 29 heavy (non-hydrogen) atoms. The SMILES string of the molecule is COc1ccc(N([C@@H](C)c2ccc(C)cc2)S(=O)(=O)c2cccc(OC)c2)cc1. The van der Waals surface area contributed by atoms with Crippen molar-refractivity contribution in [1.29, 1.82) is 0 Å². The van der Waals surface area contributed by atoms with E-state index in [-0.39, 0.29) is 4.90 Å². The summed E-state index contributed by atoms with van der Waals surface area (Å²) in [7, 11) is -0.757. The number of methoxy groups -OCH3 is 2. The van der Waals surface area contributed by atoms with Crippen molar-refractivity contribution in [2.24, 2.45) is 0 Å². The summed E-state index contributed by atoms with van der Waals surface area (Å²) in [6.07, 6.45) is 0. The third-order valence-electron chi connectivity index (χ3n) is 4.84. The molecule has 0 radical (unpaired) electrons. The van der Waals surface area contributed by atoms with Crippen LogP contribution in [0.15, 0.2) is 77.7 Å². The maximum atomic E-state index is 13.7. The lowest BCUT2D eigenvalue weighted by Crippen LogP contribution is -2.33. The van der Waals surface area contributed by atoms with Crippen LogP contribution in [0.4, 0.5) is 5.69 Å². The molecule has 0 saturated heterocycles. The van der Waals surface area contributed by atoms with E-state index in [0.29, 0.717) is 17.2 Å². The summed E-state index contributed by atoms with van der Waals surface area (Å²) in [5.74, 6) is 1.15. The van der Waals surface area contributed by atoms with Gasteiger partial charge in [-0.25, -0.2) is 8.42 Å². The van der Waals surface area contributed by atoms with Crippen LogP contribution in [0.25, 0.3) is 0 Å². The van der Waals surface area contributed by atoms with Gasteiger partial charge in [-0.05, 0) is 55.8 Å². The van der Waals surface area contributed by atoms with Crippen molar-refractivity contribution in [3.63, 3.8) is 0 Å². The molecule has 0 unspecified atom stereocenters. The van der Waals surface area contributed by atoms with Gasteiger partial charge < -0.3 is 9.47 Å². The summed E-state index contributed by atoms with van der Waals surface area (Å²) in [5.41, 5.74) is 2.58. The van der Waals surface area contributed by atoms with Crippen LogP contribution in [0.3, 0.4) is 0 Å². The predicted octanol–water partition coefficient (Wildman–Crippen LogP) is 4.97. The molecule has 6 heteroatoms. The van der Waals surface area contributed by atoms with E-state index in [2.05, 4.69) is 0 Å². The van der Waals surface area contributed by atoms with E-state index < -0.39 is 16.1 Å². The van der Waals surface area contributed by atoms with Crippen molar-refractivity contribution in [1.82, 2.24) is 0 Å². The van der Waals surface area contributed by atoms with Crippen LogP contribution in [0.5, 0.6) is 11.5 Å². The quantitative estimate of drug-likeness (QED) is 0.551. The van der Waals surface area contributed by atoms with Gasteiger partial charge in [0.25, 0.3) is 10.0 Å². The van der Waals surface area contributed by atoms with E-state index in [4.69, 9.17) is 9.47 Å². The summed E-state index contributed by atoms with van der Waals surface area (Å²) < 4.78 is 39.2. The van der Waals surface area contributed by atoms with E-state index in [0.717, 1.165) is 11.1 Å².